The van der Waals surface area contributed by atoms with Crippen molar-refractivity contribution in [1.82, 2.24) is 5.32 Å². The van der Waals surface area contributed by atoms with Gasteiger partial charge in [-0.1, -0.05) is 26.0 Å². The van der Waals surface area contributed by atoms with E-state index in [9.17, 15) is 4.79 Å². The zero-order chi connectivity index (χ0) is 12.3. The third-order valence-corrected chi connectivity index (χ3v) is 3.85. The Bertz CT molecular complexity index is 408. The van der Waals surface area contributed by atoms with E-state index in [0.29, 0.717) is 5.25 Å². The second kappa shape index (κ2) is 5.45. The summed E-state index contributed by atoms with van der Waals surface area (Å²) in [5.41, 5.74) is 1.03. The predicted octanol–water partition coefficient (Wildman–Crippen LogP) is 3.11. The molecular weight excluding hydrogens is 232 g/mol. The van der Waals surface area contributed by atoms with E-state index in [1.165, 1.54) is 4.90 Å². The number of anilines is 1. The standard InChI is InChI=1S/C13H18N2OS/c1-3-8-14-13(16)15-9-10(2)17-12-7-5-4-6-11(12)15/h4-7,10H,3,8-9H2,1-2H3,(H,14,16). The first-order valence-corrected chi connectivity index (χ1v) is 6.91. The lowest BCUT2D eigenvalue weighted by atomic mass is 10.2. The van der Waals surface area contributed by atoms with Gasteiger partial charge in [-0.2, -0.15) is 0 Å². The second-order valence-corrected chi connectivity index (χ2v) is 5.72. The quantitative estimate of drug-likeness (QED) is 0.874. The summed E-state index contributed by atoms with van der Waals surface area (Å²) in [5.74, 6) is 0. The molecule has 0 saturated carbocycles. The number of para-hydroxylation sites is 1. The lowest BCUT2D eigenvalue weighted by Gasteiger charge is -2.32. The van der Waals surface area contributed by atoms with Gasteiger partial charge in [-0.05, 0) is 18.6 Å². The summed E-state index contributed by atoms with van der Waals surface area (Å²) in [4.78, 5) is 15.1. The van der Waals surface area contributed by atoms with Gasteiger partial charge < -0.3 is 5.32 Å². The Hall–Kier alpha value is -1.16. The number of benzene rings is 1. The SMILES string of the molecule is CCCNC(=O)N1CC(C)Sc2ccccc21. The fourth-order valence-electron chi connectivity index (χ4n) is 1.91. The van der Waals surface area contributed by atoms with Crippen molar-refractivity contribution in [3.05, 3.63) is 24.3 Å². The van der Waals surface area contributed by atoms with Crippen molar-refractivity contribution < 1.29 is 4.79 Å². The molecule has 0 saturated heterocycles. The van der Waals surface area contributed by atoms with E-state index in [4.69, 9.17) is 0 Å². The second-order valence-electron chi connectivity index (χ2n) is 4.24. The highest BCUT2D eigenvalue weighted by atomic mass is 32.2. The Labute approximate surface area is 107 Å². The summed E-state index contributed by atoms with van der Waals surface area (Å²) in [5, 5.41) is 3.38. The van der Waals surface area contributed by atoms with Crippen molar-refractivity contribution in [2.75, 3.05) is 18.0 Å². The van der Waals surface area contributed by atoms with Gasteiger partial charge in [0.2, 0.25) is 0 Å². The van der Waals surface area contributed by atoms with Gasteiger partial charge in [0.25, 0.3) is 0 Å². The molecule has 2 amide bonds. The summed E-state index contributed by atoms with van der Waals surface area (Å²) in [6, 6.07) is 8.11. The fourth-order valence-corrected chi connectivity index (χ4v) is 3.02. The fraction of sp³-hybridized carbons (Fsp3) is 0.462. The molecule has 4 heteroatoms. The molecule has 0 radical (unpaired) electrons. The van der Waals surface area contributed by atoms with Crippen LogP contribution in [0.2, 0.25) is 0 Å². The molecule has 1 aromatic rings. The minimum atomic E-state index is 0.0199. The zero-order valence-corrected chi connectivity index (χ0v) is 11.1. The summed E-state index contributed by atoms with van der Waals surface area (Å²) < 4.78 is 0. The van der Waals surface area contributed by atoms with Crippen molar-refractivity contribution in [2.24, 2.45) is 0 Å². The van der Waals surface area contributed by atoms with Crippen LogP contribution in [0, 0.1) is 0 Å². The highest BCUT2D eigenvalue weighted by Crippen LogP contribution is 2.37. The average molecular weight is 250 g/mol. The lowest BCUT2D eigenvalue weighted by molar-refractivity contribution is 0.246. The third-order valence-electron chi connectivity index (χ3n) is 2.70. The summed E-state index contributed by atoms with van der Waals surface area (Å²) in [7, 11) is 0. The minimum Gasteiger partial charge on any atom is -0.338 e. The number of amides is 2. The van der Waals surface area contributed by atoms with Crippen molar-refractivity contribution in [2.45, 2.75) is 30.4 Å². The van der Waals surface area contributed by atoms with Gasteiger partial charge in [0, 0.05) is 23.2 Å². The molecule has 0 aromatic heterocycles. The van der Waals surface area contributed by atoms with Gasteiger partial charge in [0.1, 0.15) is 0 Å². The van der Waals surface area contributed by atoms with E-state index in [-0.39, 0.29) is 6.03 Å². The van der Waals surface area contributed by atoms with Gasteiger partial charge in [0.15, 0.2) is 0 Å². The molecule has 1 N–H and O–H groups in total. The number of carbonyl (C=O) groups is 1. The molecule has 0 aliphatic carbocycles. The van der Waals surface area contributed by atoms with Gasteiger partial charge >= 0.3 is 6.03 Å². The molecule has 92 valence electrons. The van der Waals surface area contributed by atoms with E-state index in [2.05, 4.69) is 25.2 Å². The van der Waals surface area contributed by atoms with E-state index < -0.39 is 0 Å². The number of hydrogen-bond acceptors (Lipinski definition) is 2. The molecule has 1 atom stereocenters. The maximum absolute atomic E-state index is 12.1. The molecular formula is C13H18N2OS. The van der Waals surface area contributed by atoms with E-state index in [1.807, 2.05) is 34.9 Å². The topological polar surface area (TPSA) is 32.3 Å². The van der Waals surface area contributed by atoms with Crippen molar-refractivity contribution in [1.29, 1.82) is 0 Å². The Morgan fingerprint density at radius 1 is 1.53 bits per heavy atom. The molecule has 2 rings (SSSR count). The molecule has 3 nitrogen and oxygen atoms in total. The summed E-state index contributed by atoms with van der Waals surface area (Å²) in [6.45, 7) is 5.72. The molecule has 17 heavy (non-hydrogen) atoms. The maximum atomic E-state index is 12.1. The van der Waals surface area contributed by atoms with Gasteiger partial charge in [0.05, 0.1) is 5.69 Å². The first-order valence-electron chi connectivity index (χ1n) is 6.03. The Morgan fingerprint density at radius 3 is 3.06 bits per heavy atom. The smallest absolute Gasteiger partial charge is 0.321 e. The Balaban J connectivity index is 2.20. The predicted molar refractivity (Wildman–Crippen MR) is 72.8 cm³/mol. The molecule has 0 fully saturated rings. The number of nitrogens with one attached hydrogen (secondary N) is 1. The van der Waals surface area contributed by atoms with Crippen LogP contribution >= 0.6 is 11.8 Å². The van der Waals surface area contributed by atoms with Crippen LogP contribution in [-0.4, -0.2) is 24.4 Å². The number of thioether (sulfide) groups is 1. The highest BCUT2D eigenvalue weighted by molar-refractivity contribution is 8.00. The van der Waals surface area contributed by atoms with E-state index in [1.54, 1.807) is 0 Å². The van der Waals surface area contributed by atoms with Crippen LogP contribution in [0.1, 0.15) is 20.3 Å². The largest absolute Gasteiger partial charge is 0.338 e. The van der Waals surface area contributed by atoms with Crippen molar-refractivity contribution in [3.8, 4) is 0 Å². The Kier molecular flexibility index (Phi) is 3.94. The molecule has 1 unspecified atom stereocenters. The van der Waals surface area contributed by atoms with Crippen LogP contribution in [0.15, 0.2) is 29.2 Å². The van der Waals surface area contributed by atoms with Crippen LogP contribution in [0.25, 0.3) is 0 Å². The average Bonchev–Trinajstić information content (AvgIpc) is 2.34. The molecule has 1 aliphatic rings. The molecule has 1 aliphatic heterocycles. The van der Waals surface area contributed by atoms with E-state index >= 15 is 0 Å². The number of hydrogen-bond donors (Lipinski definition) is 1. The maximum Gasteiger partial charge on any atom is 0.321 e. The molecule has 1 aromatic carbocycles. The van der Waals surface area contributed by atoms with Gasteiger partial charge in [-0.25, -0.2) is 4.79 Å². The Morgan fingerprint density at radius 2 is 2.29 bits per heavy atom. The number of urea groups is 1. The highest BCUT2D eigenvalue weighted by Gasteiger charge is 2.26. The van der Waals surface area contributed by atoms with Crippen molar-refractivity contribution >= 4 is 23.5 Å². The number of carbonyl (C=O) groups excluding carboxylic acids is 1. The van der Waals surface area contributed by atoms with Crippen LogP contribution in [0.3, 0.4) is 0 Å². The van der Waals surface area contributed by atoms with Gasteiger partial charge in [-0.15, -0.1) is 11.8 Å². The van der Waals surface area contributed by atoms with Crippen LogP contribution in [0.5, 0.6) is 0 Å². The van der Waals surface area contributed by atoms with Crippen LogP contribution in [0.4, 0.5) is 10.5 Å². The zero-order valence-electron chi connectivity index (χ0n) is 10.3. The molecule has 0 spiro atoms. The number of nitrogens with zero attached hydrogens (tertiary/aromatic N) is 1. The summed E-state index contributed by atoms with van der Waals surface area (Å²) >= 11 is 1.84. The molecule has 1 heterocycles. The first kappa shape index (κ1) is 12.3. The van der Waals surface area contributed by atoms with Gasteiger partial charge in [-0.3, -0.25) is 4.90 Å². The van der Waals surface area contributed by atoms with Crippen molar-refractivity contribution in [3.63, 3.8) is 0 Å². The minimum absolute atomic E-state index is 0.0199. The first-order chi connectivity index (χ1) is 8.22. The monoisotopic (exact) mass is 250 g/mol. The van der Waals surface area contributed by atoms with Crippen LogP contribution < -0.4 is 10.2 Å². The summed E-state index contributed by atoms with van der Waals surface area (Å²) in [6.07, 6.45) is 0.964. The lowest BCUT2D eigenvalue weighted by Crippen LogP contribution is -2.45. The van der Waals surface area contributed by atoms with E-state index in [0.717, 1.165) is 25.2 Å². The third kappa shape index (κ3) is 2.75. The number of rotatable bonds is 2. The number of fused-ring (bicyclic) bond motifs is 1. The van der Waals surface area contributed by atoms with Crippen LogP contribution in [-0.2, 0) is 0 Å². The molecule has 0 bridgehead atoms. The normalized spacial score (nSPS) is 18.7.